The van der Waals surface area contributed by atoms with Gasteiger partial charge in [0.1, 0.15) is 0 Å². The van der Waals surface area contributed by atoms with Crippen molar-refractivity contribution in [2.45, 2.75) is 76.7 Å². The van der Waals surface area contributed by atoms with E-state index in [-0.39, 0.29) is 5.56 Å². The molecule has 2 aromatic rings. The lowest BCUT2D eigenvalue weighted by atomic mass is 9.83. The molecule has 0 aromatic carbocycles. The lowest BCUT2D eigenvalue weighted by molar-refractivity contribution is 0.113. The Kier molecular flexibility index (Phi) is 4.59. The molecule has 6 rings (SSSR count). The topological polar surface area (TPSA) is 57.2 Å². The highest BCUT2D eigenvalue weighted by Gasteiger charge is 2.40. The minimum atomic E-state index is 0.257. The van der Waals surface area contributed by atoms with Crippen LogP contribution in [0, 0.1) is 12.8 Å². The Morgan fingerprint density at radius 1 is 1.10 bits per heavy atom. The number of rotatable bonds is 4. The smallest absolute Gasteiger partial charge is 0.255 e. The van der Waals surface area contributed by atoms with Gasteiger partial charge in [-0.25, -0.2) is 0 Å². The number of hydrogen-bond acceptors (Lipinski definition) is 4. The SMILES string of the molecule is Cc1[nH]nc(CN2C[C@@H]3C[C@H](C2)c2ccc(CN4C5CCC4CC5)c(=O)n2C3)c1Cl. The summed E-state index contributed by atoms with van der Waals surface area (Å²) in [6.07, 6.45) is 6.44. The number of nitrogens with zero attached hydrogens (tertiary/aromatic N) is 4. The summed E-state index contributed by atoms with van der Waals surface area (Å²) in [7, 11) is 0. The minimum Gasteiger partial charge on any atom is -0.312 e. The van der Waals surface area contributed by atoms with Crippen LogP contribution in [-0.4, -0.2) is 49.7 Å². The summed E-state index contributed by atoms with van der Waals surface area (Å²) in [5.41, 5.74) is 4.33. The largest absolute Gasteiger partial charge is 0.312 e. The van der Waals surface area contributed by atoms with Gasteiger partial charge in [-0.15, -0.1) is 0 Å². The zero-order chi connectivity index (χ0) is 20.4. The predicted octanol–water partition coefficient (Wildman–Crippen LogP) is 3.28. The molecular formula is C23H30ClN5O. The molecule has 3 fully saturated rings. The number of likely N-dealkylation sites (tertiary alicyclic amines) is 1. The molecule has 30 heavy (non-hydrogen) atoms. The van der Waals surface area contributed by atoms with Crippen molar-refractivity contribution < 1.29 is 0 Å². The molecule has 3 saturated heterocycles. The zero-order valence-corrected chi connectivity index (χ0v) is 18.4. The Morgan fingerprint density at radius 3 is 2.57 bits per heavy atom. The van der Waals surface area contributed by atoms with Gasteiger partial charge in [-0.3, -0.25) is 19.7 Å². The van der Waals surface area contributed by atoms with Gasteiger partial charge in [0.2, 0.25) is 0 Å². The van der Waals surface area contributed by atoms with Crippen LogP contribution < -0.4 is 5.56 Å². The van der Waals surface area contributed by atoms with Crippen LogP contribution in [0.15, 0.2) is 16.9 Å². The van der Waals surface area contributed by atoms with Crippen LogP contribution in [0.5, 0.6) is 0 Å². The minimum absolute atomic E-state index is 0.257. The third kappa shape index (κ3) is 3.07. The van der Waals surface area contributed by atoms with Gasteiger partial charge in [-0.1, -0.05) is 17.7 Å². The van der Waals surface area contributed by atoms with Gasteiger partial charge in [-0.05, 0) is 51.0 Å². The molecule has 160 valence electrons. The summed E-state index contributed by atoms with van der Waals surface area (Å²) in [4.78, 5) is 18.4. The normalized spacial score (nSPS) is 30.7. The van der Waals surface area contributed by atoms with E-state index in [2.05, 4.69) is 36.7 Å². The molecule has 4 aliphatic heterocycles. The Hall–Kier alpha value is -1.63. The molecule has 4 aliphatic rings. The van der Waals surface area contributed by atoms with Gasteiger partial charge in [0.05, 0.1) is 16.4 Å². The first kappa shape index (κ1) is 19.1. The Balaban J connectivity index is 1.22. The zero-order valence-electron chi connectivity index (χ0n) is 17.6. The van der Waals surface area contributed by atoms with Gasteiger partial charge < -0.3 is 4.57 Å². The van der Waals surface area contributed by atoms with E-state index in [1.165, 1.54) is 37.8 Å². The van der Waals surface area contributed by atoms with E-state index < -0.39 is 0 Å². The highest BCUT2D eigenvalue weighted by atomic mass is 35.5. The number of fused-ring (bicyclic) bond motifs is 6. The maximum Gasteiger partial charge on any atom is 0.255 e. The van der Waals surface area contributed by atoms with E-state index in [1.807, 2.05) is 6.92 Å². The summed E-state index contributed by atoms with van der Waals surface area (Å²) in [6, 6.07) is 5.78. The van der Waals surface area contributed by atoms with Crippen molar-refractivity contribution in [2.24, 2.45) is 5.92 Å². The molecule has 0 amide bonds. The number of nitrogens with one attached hydrogen (secondary N) is 1. The number of piperidine rings is 1. The summed E-state index contributed by atoms with van der Waals surface area (Å²) in [6.45, 7) is 6.38. The van der Waals surface area contributed by atoms with Gasteiger partial charge in [0.25, 0.3) is 5.56 Å². The third-order valence-corrected chi connectivity index (χ3v) is 8.53. The molecule has 6 nitrogen and oxygen atoms in total. The summed E-state index contributed by atoms with van der Waals surface area (Å²) in [5.74, 6) is 0.937. The van der Waals surface area contributed by atoms with E-state index in [0.717, 1.165) is 54.7 Å². The number of hydrogen-bond donors (Lipinski definition) is 1. The average molecular weight is 428 g/mol. The summed E-state index contributed by atoms with van der Waals surface area (Å²) in [5, 5.41) is 8.12. The first-order valence-corrected chi connectivity index (χ1v) is 11.8. The fourth-order valence-corrected chi connectivity index (χ4v) is 6.74. The van der Waals surface area contributed by atoms with E-state index in [4.69, 9.17) is 11.6 Å². The monoisotopic (exact) mass is 427 g/mol. The van der Waals surface area contributed by atoms with E-state index >= 15 is 0 Å². The first-order valence-electron chi connectivity index (χ1n) is 11.5. The van der Waals surface area contributed by atoms with Gasteiger partial charge >= 0.3 is 0 Å². The molecule has 0 saturated carbocycles. The number of aromatic nitrogens is 3. The molecule has 2 atom stereocenters. The number of halogens is 1. The van der Waals surface area contributed by atoms with Crippen LogP contribution in [0.2, 0.25) is 5.02 Å². The Bertz CT molecular complexity index is 1010. The summed E-state index contributed by atoms with van der Waals surface area (Å²) >= 11 is 6.39. The lowest BCUT2D eigenvalue weighted by Crippen LogP contribution is -2.47. The second-order valence-corrected chi connectivity index (χ2v) is 10.3. The molecule has 0 unspecified atom stereocenters. The van der Waals surface area contributed by atoms with E-state index in [1.54, 1.807) is 0 Å². The van der Waals surface area contributed by atoms with Crippen LogP contribution in [-0.2, 0) is 19.6 Å². The quantitative estimate of drug-likeness (QED) is 0.813. The van der Waals surface area contributed by atoms with Gasteiger partial charge in [-0.2, -0.15) is 5.10 Å². The maximum absolute atomic E-state index is 13.4. The fourth-order valence-electron chi connectivity index (χ4n) is 6.60. The Morgan fingerprint density at radius 2 is 1.87 bits per heavy atom. The molecule has 6 heterocycles. The number of aryl methyl sites for hydroxylation is 1. The average Bonchev–Trinajstić information content (AvgIpc) is 3.41. The van der Waals surface area contributed by atoms with Crippen LogP contribution in [0.4, 0.5) is 0 Å². The van der Waals surface area contributed by atoms with Crippen LogP contribution in [0.25, 0.3) is 0 Å². The van der Waals surface area contributed by atoms with Crippen molar-refractivity contribution in [3.05, 3.63) is 50.2 Å². The number of aromatic amines is 1. The number of H-pyrrole nitrogens is 1. The van der Waals surface area contributed by atoms with E-state index in [9.17, 15) is 4.79 Å². The third-order valence-electron chi connectivity index (χ3n) is 8.03. The van der Waals surface area contributed by atoms with Gasteiger partial charge in [0.15, 0.2) is 0 Å². The molecule has 0 radical (unpaired) electrons. The second kappa shape index (κ2) is 7.21. The Labute approximate surface area is 182 Å². The molecule has 1 N–H and O–H groups in total. The predicted molar refractivity (Wildman–Crippen MR) is 117 cm³/mol. The molecule has 4 bridgehead atoms. The van der Waals surface area contributed by atoms with Crippen molar-refractivity contribution in [1.82, 2.24) is 24.6 Å². The molecule has 2 aromatic heterocycles. The first-order chi connectivity index (χ1) is 14.6. The molecule has 0 spiro atoms. The highest BCUT2D eigenvalue weighted by molar-refractivity contribution is 6.31. The molecule has 0 aliphatic carbocycles. The second-order valence-electron chi connectivity index (χ2n) is 9.94. The van der Waals surface area contributed by atoms with E-state index in [0.29, 0.717) is 23.9 Å². The van der Waals surface area contributed by atoms with Crippen molar-refractivity contribution in [2.75, 3.05) is 13.1 Å². The molecule has 7 heteroatoms. The summed E-state index contributed by atoms with van der Waals surface area (Å²) < 4.78 is 2.11. The van der Waals surface area contributed by atoms with Crippen LogP contribution >= 0.6 is 11.6 Å². The highest BCUT2D eigenvalue weighted by Crippen LogP contribution is 2.39. The van der Waals surface area contributed by atoms with Crippen LogP contribution in [0.3, 0.4) is 0 Å². The molecular weight excluding hydrogens is 398 g/mol. The van der Waals surface area contributed by atoms with Crippen molar-refractivity contribution in [1.29, 1.82) is 0 Å². The maximum atomic E-state index is 13.4. The van der Waals surface area contributed by atoms with Crippen molar-refractivity contribution >= 4 is 11.6 Å². The van der Waals surface area contributed by atoms with Crippen LogP contribution in [0.1, 0.15) is 60.7 Å². The number of pyridine rings is 1. The van der Waals surface area contributed by atoms with Crippen molar-refractivity contribution in [3.8, 4) is 0 Å². The standard InChI is InChI=1S/C23H30ClN5O/c1-14-22(24)20(26-25-14)13-27-9-15-8-17(11-27)21-7-2-16(23(30)29(21)10-15)12-28-18-3-4-19(28)6-5-18/h2,7,15,17-19H,3-6,8-13H2,1H3,(H,25,26)/t15-,17+,18?,19?/m0/s1. The van der Waals surface area contributed by atoms with Crippen molar-refractivity contribution in [3.63, 3.8) is 0 Å². The lowest BCUT2D eigenvalue weighted by Gasteiger charge is -2.42. The fraction of sp³-hybridized carbons (Fsp3) is 0.652. The van der Waals surface area contributed by atoms with Gasteiger partial charge in [0, 0.05) is 62.0 Å².